The number of nitrogens with zero attached hydrogens (tertiary/aromatic N) is 3. The molecule has 0 saturated heterocycles. The Labute approximate surface area is 170 Å². The molecule has 0 radical (unpaired) electrons. The Morgan fingerprint density at radius 2 is 1.34 bits per heavy atom. The summed E-state index contributed by atoms with van der Waals surface area (Å²) < 4.78 is 7.39. The summed E-state index contributed by atoms with van der Waals surface area (Å²) in [5.74, 6) is 2.70. The van der Waals surface area contributed by atoms with Crippen molar-refractivity contribution in [2.75, 3.05) is 7.11 Å². The Kier molecular flexibility index (Phi) is 5.29. The molecule has 0 aliphatic heterocycles. The second kappa shape index (κ2) is 8.19. The third-order valence-electron chi connectivity index (χ3n) is 4.97. The fraction of sp³-hybridized carbons (Fsp3) is 0.167. The minimum absolute atomic E-state index is 0.233. The Morgan fingerprint density at radius 1 is 0.793 bits per heavy atom. The van der Waals surface area contributed by atoms with Crippen LogP contribution < -0.4 is 4.74 Å². The lowest BCUT2D eigenvalue weighted by Crippen LogP contribution is -2.06. The number of ether oxygens (including phenoxy) is 1. The zero-order chi connectivity index (χ0) is 20.2. The monoisotopic (exact) mass is 385 g/mol. The Bertz CT molecular complexity index is 1020. The first-order chi connectivity index (χ1) is 14.1. The van der Waals surface area contributed by atoms with Gasteiger partial charge in [0.15, 0.2) is 11.6 Å². The number of methoxy groups -OCH3 is 1. The first kappa shape index (κ1) is 18.7. The number of benzene rings is 3. The molecule has 0 aliphatic rings. The van der Waals surface area contributed by atoms with Crippen molar-refractivity contribution in [1.29, 1.82) is 0 Å². The first-order valence-electron chi connectivity index (χ1n) is 9.56. The smallest absolute Gasteiger partial charge is 0.164 e. The maximum absolute atomic E-state index is 9.62. The zero-order valence-corrected chi connectivity index (χ0v) is 16.5. The largest absolute Gasteiger partial charge is 0.508 e. The van der Waals surface area contributed by atoms with Crippen molar-refractivity contribution in [1.82, 2.24) is 14.8 Å². The summed E-state index contributed by atoms with van der Waals surface area (Å²) in [7, 11) is 1.67. The van der Waals surface area contributed by atoms with E-state index in [4.69, 9.17) is 4.74 Å². The normalized spacial score (nSPS) is 10.8. The van der Waals surface area contributed by atoms with E-state index >= 15 is 0 Å². The van der Waals surface area contributed by atoms with E-state index in [0.717, 1.165) is 41.5 Å². The molecule has 0 saturated carbocycles. The van der Waals surface area contributed by atoms with E-state index in [0.29, 0.717) is 0 Å². The molecule has 146 valence electrons. The highest BCUT2D eigenvalue weighted by Gasteiger charge is 2.15. The SMILES string of the molecule is COc1ccc(CCn2c(-c3ccc(C)cc3)nnc2-c2ccc(O)cc2)cc1. The fourth-order valence-corrected chi connectivity index (χ4v) is 3.29. The molecule has 0 unspecified atom stereocenters. The molecular weight excluding hydrogens is 362 g/mol. The van der Waals surface area contributed by atoms with Crippen molar-refractivity contribution in [3.8, 4) is 34.3 Å². The molecule has 4 rings (SSSR count). The average molecular weight is 385 g/mol. The molecule has 1 heterocycles. The van der Waals surface area contributed by atoms with Gasteiger partial charge in [0.25, 0.3) is 0 Å². The Balaban J connectivity index is 1.70. The number of aromatic hydroxyl groups is 1. The summed E-state index contributed by atoms with van der Waals surface area (Å²) in [6.45, 7) is 2.80. The maximum atomic E-state index is 9.62. The molecular formula is C24H23N3O2. The number of aromatic nitrogens is 3. The van der Waals surface area contributed by atoms with E-state index in [1.165, 1.54) is 11.1 Å². The molecule has 0 spiro atoms. The third kappa shape index (κ3) is 4.14. The zero-order valence-electron chi connectivity index (χ0n) is 16.5. The van der Waals surface area contributed by atoms with Crippen molar-refractivity contribution < 1.29 is 9.84 Å². The molecule has 0 bridgehead atoms. The van der Waals surface area contributed by atoms with Gasteiger partial charge in [-0.1, -0.05) is 42.0 Å². The number of aryl methyl sites for hydroxylation is 2. The number of phenols is 1. The highest BCUT2D eigenvalue weighted by molar-refractivity contribution is 5.63. The van der Waals surface area contributed by atoms with E-state index < -0.39 is 0 Å². The van der Waals surface area contributed by atoms with Crippen molar-refractivity contribution in [2.45, 2.75) is 19.9 Å². The average Bonchev–Trinajstić information content (AvgIpc) is 3.17. The standard InChI is InChI=1S/C24H23N3O2/c1-17-3-7-19(8-4-17)23-25-26-24(20-9-11-21(28)12-10-20)27(23)16-15-18-5-13-22(29-2)14-6-18/h3-14,28H,15-16H2,1-2H3. The molecule has 0 amide bonds. The topological polar surface area (TPSA) is 60.2 Å². The Morgan fingerprint density at radius 3 is 1.90 bits per heavy atom. The fourth-order valence-electron chi connectivity index (χ4n) is 3.29. The van der Waals surface area contributed by atoms with E-state index in [2.05, 4.69) is 58.1 Å². The maximum Gasteiger partial charge on any atom is 0.164 e. The predicted octanol–water partition coefficient (Wildman–Crippen LogP) is 4.88. The van der Waals surface area contributed by atoms with Gasteiger partial charge in [-0.3, -0.25) is 0 Å². The summed E-state index contributed by atoms with van der Waals surface area (Å²) in [4.78, 5) is 0. The predicted molar refractivity (Wildman–Crippen MR) is 114 cm³/mol. The van der Waals surface area contributed by atoms with Gasteiger partial charge in [0.05, 0.1) is 7.11 Å². The molecule has 0 atom stereocenters. The minimum atomic E-state index is 0.233. The van der Waals surface area contributed by atoms with Crippen LogP contribution in [0.2, 0.25) is 0 Å². The highest BCUT2D eigenvalue weighted by Crippen LogP contribution is 2.26. The van der Waals surface area contributed by atoms with Crippen LogP contribution in [0.5, 0.6) is 11.5 Å². The third-order valence-corrected chi connectivity index (χ3v) is 4.97. The molecule has 0 fully saturated rings. The summed E-state index contributed by atoms with van der Waals surface area (Å²) in [6.07, 6.45) is 0.839. The summed E-state index contributed by atoms with van der Waals surface area (Å²) >= 11 is 0. The summed E-state index contributed by atoms with van der Waals surface area (Å²) in [6, 6.07) is 23.5. The van der Waals surface area contributed by atoms with E-state index in [-0.39, 0.29) is 5.75 Å². The van der Waals surface area contributed by atoms with E-state index in [9.17, 15) is 5.11 Å². The van der Waals surface area contributed by atoms with Crippen LogP contribution in [0.25, 0.3) is 22.8 Å². The van der Waals surface area contributed by atoms with Gasteiger partial charge in [0, 0.05) is 17.7 Å². The lowest BCUT2D eigenvalue weighted by Gasteiger charge is -2.11. The molecule has 1 aromatic heterocycles. The molecule has 0 aliphatic carbocycles. The van der Waals surface area contributed by atoms with Crippen molar-refractivity contribution >= 4 is 0 Å². The van der Waals surface area contributed by atoms with Gasteiger partial charge in [0.1, 0.15) is 11.5 Å². The first-order valence-corrected chi connectivity index (χ1v) is 9.56. The number of hydrogen-bond acceptors (Lipinski definition) is 4. The quantitative estimate of drug-likeness (QED) is 0.514. The van der Waals surface area contributed by atoms with Crippen molar-refractivity contribution in [3.63, 3.8) is 0 Å². The van der Waals surface area contributed by atoms with Gasteiger partial charge in [-0.15, -0.1) is 10.2 Å². The second-order valence-electron chi connectivity index (χ2n) is 7.01. The van der Waals surface area contributed by atoms with Gasteiger partial charge < -0.3 is 14.4 Å². The van der Waals surface area contributed by atoms with Crippen LogP contribution in [0.15, 0.2) is 72.8 Å². The van der Waals surface area contributed by atoms with Crippen LogP contribution in [-0.4, -0.2) is 27.0 Å². The molecule has 5 heteroatoms. The van der Waals surface area contributed by atoms with Gasteiger partial charge in [0.2, 0.25) is 0 Å². The lowest BCUT2D eigenvalue weighted by molar-refractivity contribution is 0.414. The van der Waals surface area contributed by atoms with Crippen LogP contribution in [0.1, 0.15) is 11.1 Å². The van der Waals surface area contributed by atoms with Gasteiger partial charge >= 0.3 is 0 Å². The molecule has 3 aromatic carbocycles. The van der Waals surface area contributed by atoms with Gasteiger partial charge in [-0.05, 0) is 55.3 Å². The number of phenolic OH excluding ortho intramolecular Hbond substituents is 1. The molecule has 29 heavy (non-hydrogen) atoms. The molecule has 5 nitrogen and oxygen atoms in total. The van der Waals surface area contributed by atoms with Crippen molar-refractivity contribution in [2.24, 2.45) is 0 Å². The van der Waals surface area contributed by atoms with Crippen LogP contribution >= 0.6 is 0 Å². The molecule has 4 aromatic rings. The summed E-state index contributed by atoms with van der Waals surface area (Å²) in [5.41, 5.74) is 4.37. The second-order valence-corrected chi connectivity index (χ2v) is 7.01. The van der Waals surface area contributed by atoms with Crippen LogP contribution in [0, 0.1) is 6.92 Å². The molecule has 1 N–H and O–H groups in total. The van der Waals surface area contributed by atoms with Crippen LogP contribution in [0.3, 0.4) is 0 Å². The Hall–Kier alpha value is -3.60. The van der Waals surface area contributed by atoms with Crippen LogP contribution in [0.4, 0.5) is 0 Å². The highest BCUT2D eigenvalue weighted by atomic mass is 16.5. The van der Waals surface area contributed by atoms with Crippen LogP contribution in [-0.2, 0) is 13.0 Å². The van der Waals surface area contributed by atoms with E-state index in [1.807, 2.05) is 24.3 Å². The van der Waals surface area contributed by atoms with Gasteiger partial charge in [-0.2, -0.15) is 0 Å². The minimum Gasteiger partial charge on any atom is -0.508 e. The number of hydrogen-bond donors (Lipinski definition) is 1. The summed E-state index contributed by atoms with van der Waals surface area (Å²) in [5, 5.41) is 18.6. The van der Waals surface area contributed by atoms with E-state index in [1.54, 1.807) is 19.2 Å². The lowest BCUT2D eigenvalue weighted by atomic mass is 10.1. The van der Waals surface area contributed by atoms with Gasteiger partial charge in [-0.25, -0.2) is 0 Å². The number of rotatable bonds is 6. The van der Waals surface area contributed by atoms with Crippen molar-refractivity contribution in [3.05, 3.63) is 83.9 Å².